The zero-order valence-corrected chi connectivity index (χ0v) is 7.21. The summed E-state index contributed by atoms with van der Waals surface area (Å²) < 4.78 is 1.46. The van der Waals surface area contributed by atoms with Crippen molar-refractivity contribution < 1.29 is 0 Å². The monoisotopic (exact) mass is 180 g/mol. The van der Waals surface area contributed by atoms with E-state index in [2.05, 4.69) is 12.2 Å². The molecule has 0 aromatic heterocycles. The van der Waals surface area contributed by atoms with Crippen LogP contribution >= 0.6 is 43.2 Å². The topological polar surface area (TPSA) is 0 Å². The minimum absolute atomic E-state index is 0.731. The molecule has 0 saturated carbocycles. The fourth-order valence-electron chi connectivity index (χ4n) is 0.561. The van der Waals surface area contributed by atoms with Crippen molar-refractivity contribution in [2.24, 2.45) is 0 Å². The summed E-state index contributed by atoms with van der Waals surface area (Å²) in [5.41, 5.74) is 0. The second kappa shape index (κ2) is 2.40. The minimum atomic E-state index is 0.731. The molecule has 0 nitrogen and oxygen atoms in total. The second-order valence-corrected chi connectivity index (χ2v) is 7.21. The van der Waals surface area contributed by atoms with E-state index in [1.807, 2.05) is 43.2 Å². The van der Waals surface area contributed by atoms with E-state index < -0.39 is 0 Å². The molecule has 0 aromatic carbocycles. The van der Waals surface area contributed by atoms with Gasteiger partial charge in [0, 0.05) is 0 Å². The molecule has 2 bridgehead atoms. The molecule has 0 atom stereocenters. The highest BCUT2D eigenvalue weighted by Gasteiger charge is 2.24. The van der Waals surface area contributed by atoms with Gasteiger partial charge < -0.3 is 0 Å². The Balaban J connectivity index is 2.20. The molecule has 44 valence electrons. The maximum atomic E-state index is 2.30. The van der Waals surface area contributed by atoms with Crippen LogP contribution in [-0.2, 0) is 0 Å². The highest BCUT2D eigenvalue weighted by atomic mass is 33.2. The molecule has 0 N–H and O–H groups in total. The van der Waals surface area contributed by atoms with Crippen LogP contribution in [0.15, 0.2) is 12.2 Å². The van der Waals surface area contributed by atoms with Crippen molar-refractivity contribution in [3.63, 3.8) is 0 Å². The quantitative estimate of drug-likeness (QED) is 0.415. The zero-order chi connectivity index (χ0) is 5.40. The molecule has 0 aromatic rings. The van der Waals surface area contributed by atoms with E-state index in [0.717, 1.165) is 9.16 Å². The van der Waals surface area contributed by atoms with E-state index >= 15 is 0 Å². The van der Waals surface area contributed by atoms with Crippen molar-refractivity contribution in [3.8, 4) is 0 Å². The lowest BCUT2D eigenvalue weighted by Gasteiger charge is -2.26. The number of hydrogen-bond acceptors (Lipinski definition) is 4. The van der Waals surface area contributed by atoms with Gasteiger partial charge in [0.15, 0.2) is 0 Å². The first-order chi connectivity index (χ1) is 3.95. The molecule has 3 heterocycles. The highest BCUT2D eigenvalue weighted by Crippen LogP contribution is 2.57. The van der Waals surface area contributed by atoms with Crippen molar-refractivity contribution in [1.82, 2.24) is 0 Å². The van der Waals surface area contributed by atoms with E-state index in [0.29, 0.717) is 0 Å². The molecular weight excluding hydrogens is 176 g/mol. The number of rotatable bonds is 0. The first-order valence-corrected chi connectivity index (χ1v) is 6.83. The molecule has 3 aliphatic rings. The average Bonchev–Trinajstić information content (AvgIpc) is 1.92. The summed E-state index contributed by atoms with van der Waals surface area (Å²) in [6.07, 6.45) is 4.60. The summed E-state index contributed by atoms with van der Waals surface area (Å²) in [4.78, 5) is 0. The standard InChI is InChI=1S/C4H4S4/c1-2-4-7-5-3(1)6-8-4/h1-4H. The molecule has 3 aliphatic heterocycles. The van der Waals surface area contributed by atoms with Gasteiger partial charge in [0.1, 0.15) is 0 Å². The van der Waals surface area contributed by atoms with Crippen LogP contribution in [0.2, 0.25) is 0 Å². The van der Waals surface area contributed by atoms with E-state index in [-0.39, 0.29) is 0 Å². The molecule has 0 aliphatic carbocycles. The largest absolute Gasteiger partial charge is 0.0891 e. The van der Waals surface area contributed by atoms with Crippen LogP contribution in [0.4, 0.5) is 0 Å². The molecule has 0 radical (unpaired) electrons. The van der Waals surface area contributed by atoms with Crippen molar-refractivity contribution in [1.29, 1.82) is 0 Å². The fraction of sp³-hybridized carbons (Fsp3) is 0.500. The predicted molar refractivity (Wildman–Crippen MR) is 47.1 cm³/mol. The first kappa shape index (κ1) is 5.89. The van der Waals surface area contributed by atoms with Gasteiger partial charge in [0.2, 0.25) is 0 Å². The minimum Gasteiger partial charge on any atom is -0.0730 e. The Labute approximate surface area is 64.4 Å². The highest BCUT2D eigenvalue weighted by molar-refractivity contribution is 8.93. The van der Waals surface area contributed by atoms with Gasteiger partial charge in [-0.15, -0.1) is 0 Å². The van der Waals surface area contributed by atoms with Crippen LogP contribution in [0.25, 0.3) is 0 Å². The molecule has 1 fully saturated rings. The third-order valence-electron chi connectivity index (χ3n) is 0.916. The SMILES string of the molecule is C1=CC2SSC1SS2. The molecule has 0 amide bonds. The first-order valence-electron chi connectivity index (χ1n) is 2.28. The van der Waals surface area contributed by atoms with Crippen LogP contribution in [0.5, 0.6) is 0 Å². The normalized spacial score (nSPS) is 43.0. The Morgan fingerprint density at radius 3 is 1.25 bits per heavy atom. The summed E-state index contributed by atoms with van der Waals surface area (Å²) >= 11 is 0. The molecule has 1 saturated heterocycles. The smallest absolute Gasteiger partial charge is 0.0730 e. The Kier molecular flexibility index (Phi) is 1.77. The molecule has 3 rings (SSSR count). The number of hydrogen-bond donors (Lipinski definition) is 0. The van der Waals surface area contributed by atoms with Gasteiger partial charge in [-0.05, 0) is 0 Å². The summed E-state index contributed by atoms with van der Waals surface area (Å²) in [6, 6.07) is 0. The van der Waals surface area contributed by atoms with Crippen LogP contribution in [-0.4, -0.2) is 9.16 Å². The van der Waals surface area contributed by atoms with Gasteiger partial charge in [-0.3, -0.25) is 0 Å². The van der Waals surface area contributed by atoms with Crippen molar-refractivity contribution in [2.45, 2.75) is 9.16 Å². The zero-order valence-electron chi connectivity index (χ0n) is 3.94. The third-order valence-corrected chi connectivity index (χ3v) is 8.30. The maximum absolute atomic E-state index is 2.30. The molecule has 0 spiro atoms. The maximum Gasteiger partial charge on any atom is 0.0891 e. The molecular formula is C4H4S4. The lowest BCUT2D eigenvalue weighted by Crippen LogP contribution is -2.05. The Morgan fingerprint density at radius 1 is 0.750 bits per heavy atom. The van der Waals surface area contributed by atoms with Crippen LogP contribution in [0, 0.1) is 0 Å². The van der Waals surface area contributed by atoms with E-state index in [1.54, 1.807) is 0 Å². The number of fused-ring (bicyclic) bond motifs is 2. The Hall–Kier alpha value is 1.14. The van der Waals surface area contributed by atoms with E-state index in [9.17, 15) is 0 Å². The van der Waals surface area contributed by atoms with Crippen LogP contribution in [0.1, 0.15) is 0 Å². The summed E-state index contributed by atoms with van der Waals surface area (Å²) in [5, 5.41) is 0. The van der Waals surface area contributed by atoms with E-state index in [4.69, 9.17) is 0 Å². The van der Waals surface area contributed by atoms with Gasteiger partial charge in [-0.2, -0.15) is 0 Å². The lowest BCUT2D eigenvalue weighted by atomic mass is 10.6. The van der Waals surface area contributed by atoms with Crippen molar-refractivity contribution in [2.75, 3.05) is 0 Å². The Morgan fingerprint density at radius 2 is 1.12 bits per heavy atom. The summed E-state index contributed by atoms with van der Waals surface area (Å²) in [6.45, 7) is 0. The Bertz CT molecular complexity index is 99.2. The van der Waals surface area contributed by atoms with Gasteiger partial charge >= 0.3 is 0 Å². The van der Waals surface area contributed by atoms with Crippen LogP contribution in [0.3, 0.4) is 0 Å². The summed E-state index contributed by atoms with van der Waals surface area (Å²) in [5.74, 6) is 0. The van der Waals surface area contributed by atoms with E-state index in [1.165, 1.54) is 0 Å². The van der Waals surface area contributed by atoms with Crippen molar-refractivity contribution in [3.05, 3.63) is 12.2 Å². The average molecular weight is 180 g/mol. The van der Waals surface area contributed by atoms with Gasteiger partial charge in [0.25, 0.3) is 0 Å². The molecule has 8 heavy (non-hydrogen) atoms. The predicted octanol–water partition coefficient (Wildman–Crippen LogP) is 2.98. The fourth-order valence-corrected chi connectivity index (χ4v) is 7.90. The molecule has 0 unspecified atom stereocenters. The van der Waals surface area contributed by atoms with Crippen LogP contribution < -0.4 is 0 Å². The lowest BCUT2D eigenvalue weighted by molar-refractivity contribution is 1.54. The van der Waals surface area contributed by atoms with Gasteiger partial charge in [-0.1, -0.05) is 55.3 Å². The summed E-state index contributed by atoms with van der Waals surface area (Å²) in [7, 11) is 7.94. The van der Waals surface area contributed by atoms with Gasteiger partial charge in [-0.25, -0.2) is 0 Å². The second-order valence-electron chi connectivity index (χ2n) is 1.51. The molecule has 4 heteroatoms. The third kappa shape index (κ3) is 1.03. The van der Waals surface area contributed by atoms with Gasteiger partial charge in [0.05, 0.1) is 9.16 Å². The van der Waals surface area contributed by atoms with Crippen molar-refractivity contribution >= 4 is 43.2 Å².